The van der Waals surface area contributed by atoms with Crippen LogP contribution in [0, 0.1) is 0 Å². The summed E-state index contributed by atoms with van der Waals surface area (Å²) >= 11 is 0. The Bertz CT molecular complexity index is 3520. The average Bonchev–Trinajstić information content (AvgIpc) is 3.77. The predicted octanol–water partition coefficient (Wildman–Crippen LogP) is 18.1. The third-order valence-electron chi connectivity index (χ3n) is 15.5. The number of hydrogen-bond acceptors (Lipinski definition) is 2. The van der Waals surface area contributed by atoms with Crippen LogP contribution in [0.5, 0.6) is 0 Å². The van der Waals surface area contributed by atoms with E-state index >= 15 is 0 Å². The molecule has 69 heavy (non-hydrogen) atoms. The van der Waals surface area contributed by atoms with Gasteiger partial charge in [0.25, 0.3) is 0 Å². The van der Waals surface area contributed by atoms with E-state index in [0.29, 0.717) is 0 Å². The first-order valence-electron chi connectivity index (χ1n) is 24.4. The van der Waals surface area contributed by atoms with Crippen LogP contribution < -0.4 is 9.80 Å². The quantitative estimate of drug-likeness (QED) is 0.157. The summed E-state index contributed by atoms with van der Waals surface area (Å²) < 4.78 is 0. The minimum absolute atomic E-state index is 0.0587. The number of nitrogens with zero attached hydrogens (tertiary/aromatic N) is 2. The Morgan fingerprint density at radius 3 is 1.43 bits per heavy atom. The van der Waals surface area contributed by atoms with E-state index < -0.39 is 0 Å². The van der Waals surface area contributed by atoms with E-state index in [1.54, 1.807) is 0 Å². The standard InChI is InChI=1S/C67H52N2/c1-66(2)61-23-15-14-22-55(61)59-42-58-50(40-63(59)66)43-68(51-20-12-7-13-21-51)65-37-29-48(38-60(58)65)49-28-35-56-57-36-34-54(41-64(57)67(3,4)62(56)39-49)69(52-30-24-46(25-31-52)44-16-8-5-9-17-44)53-32-26-47(27-33-53)45-18-10-6-11-19-45/h5-42H,43H2,1-4H3. The molecule has 1 aliphatic heterocycles. The first kappa shape index (κ1) is 41.0. The Morgan fingerprint density at radius 2 is 0.783 bits per heavy atom. The molecule has 10 aromatic carbocycles. The molecule has 0 atom stereocenters. The molecule has 13 rings (SSSR count). The Labute approximate surface area is 406 Å². The second kappa shape index (κ2) is 15.7. The van der Waals surface area contributed by atoms with Crippen molar-refractivity contribution in [3.05, 3.63) is 258 Å². The fourth-order valence-electron chi connectivity index (χ4n) is 11.8. The molecule has 0 saturated heterocycles. The second-order valence-electron chi connectivity index (χ2n) is 20.2. The molecule has 330 valence electrons. The molecule has 0 aromatic heterocycles. The lowest BCUT2D eigenvalue weighted by Crippen LogP contribution is -2.22. The maximum absolute atomic E-state index is 2.51. The van der Waals surface area contributed by atoms with Crippen molar-refractivity contribution >= 4 is 28.4 Å². The van der Waals surface area contributed by atoms with Gasteiger partial charge in [0.1, 0.15) is 0 Å². The number of para-hydroxylation sites is 1. The molecule has 3 aliphatic rings. The predicted molar refractivity (Wildman–Crippen MR) is 290 cm³/mol. The fraction of sp³-hybridized carbons (Fsp3) is 0.104. The van der Waals surface area contributed by atoms with Gasteiger partial charge in [0.15, 0.2) is 0 Å². The lowest BCUT2D eigenvalue weighted by molar-refractivity contribution is 0.659. The van der Waals surface area contributed by atoms with E-state index in [9.17, 15) is 0 Å². The Hall–Kier alpha value is -8.20. The summed E-state index contributed by atoms with van der Waals surface area (Å²) in [6.45, 7) is 10.4. The van der Waals surface area contributed by atoms with Gasteiger partial charge in [-0.2, -0.15) is 0 Å². The first-order chi connectivity index (χ1) is 33.7. The van der Waals surface area contributed by atoms with E-state index in [-0.39, 0.29) is 10.8 Å². The molecule has 0 bridgehead atoms. The minimum Gasteiger partial charge on any atom is -0.336 e. The molecule has 0 radical (unpaired) electrons. The largest absolute Gasteiger partial charge is 0.336 e. The number of fused-ring (bicyclic) bond motifs is 9. The van der Waals surface area contributed by atoms with E-state index in [4.69, 9.17) is 0 Å². The average molecular weight is 885 g/mol. The fourth-order valence-corrected chi connectivity index (χ4v) is 11.8. The maximum Gasteiger partial charge on any atom is 0.0494 e. The highest BCUT2D eigenvalue weighted by Crippen LogP contribution is 2.55. The van der Waals surface area contributed by atoms with Gasteiger partial charge in [0, 0.05) is 51.4 Å². The molecular formula is C67H52N2. The van der Waals surface area contributed by atoms with Crippen LogP contribution in [0.4, 0.5) is 28.4 Å². The van der Waals surface area contributed by atoms with Gasteiger partial charge < -0.3 is 9.80 Å². The topological polar surface area (TPSA) is 6.48 Å². The molecule has 2 aliphatic carbocycles. The molecule has 10 aromatic rings. The Morgan fingerprint density at radius 1 is 0.319 bits per heavy atom. The van der Waals surface area contributed by atoms with Gasteiger partial charge in [0.05, 0.1) is 0 Å². The van der Waals surface area contributed by atoms with Crippen molar-refractivity contribution < 1.29 is 0 Å². The second-order valence-corrected chi connectivity index (χ2v) is 20.2. The van der Waals surface area contributed by atoms with Gasteiger partial charge >= 0.3 is 0 Å². The zero-order valence-electron chi connectivity index (χ0n) is 39.5. The van der Waals surface area contributed by atoms with Crippen LogP contribution in [-0.2, 0) is 17.4 Å². The van der Waals surface area contributed by atoms with Crippen molar-refractivity contribution in [3.63, 3.8) is 0 Å². The number of hydrogen-bond donors (Lipinski definition) is 0. The van der Waals surface area contributed by atoms with Gasteiger partial charge in [-0.05, 0) is 162 Å². The van der Waals surface area contributed by atoms with Crippen LogP contribution in [-0.4, -0.2) is 0 Å². The highest BCUT2D eigenvalue weighted by atomic mass is 15.1. The SMILES string of the molecule is CC1(C)c2cc(-c3ccc4c(c3)-c3cc5c(cc3CN4c3ccccc3)C(C)(C)c3ccccc3-5)ccc2-c2ccc(N(c3ccc(-c4ccccc4)cc3)c3ccc(-c4ccccc4)cc3)cc21. The summed E-state index contributed by atoms with van der Waals surface area (Å²) in [7, 11) is 0. The van der Waals surface area contributed by atoms with E-state index in [1.165, 1.54) is 106 Å². The summed E-state index contributed by atoms with van der Waals surface area (Å²) in [5.41, 5.74) is 27.7. The smallest absolute Gasteiger partial charge is 0.0494 e. The van der Waals surface area contributed by atoms with E-state index in [0.717, 1.165) is 23.6 Å². The number of rotatable bonds is 7. The molecule has 1 heterocycles. The molecular weight excluding hydrogens is 833 g/mol. The molecule has 0 spiro atoms. The number of benzene rings is 10. The zero-order chi connectivity index (χ0) is 46.4. The summed E-state index contributed by atoms with van der Waals surface area (Å²) in [6.07, 6.45) is 0. The third-order valence-corrected chi connectivity index (χ3v) is 15.5. The van der Waals surface area contributed by atoms with Crippen molar-refractivity contribution in [2.24, 2.45) is 0 Å². The Kier molecular flexibility index (Phi) is 9.33. The molecule has 0 N–H and O–H groups in total. The van der Waals surface area contributed by atoms with Gasteiger partial charge in [-0.15, -0.1) is 0 Å². The lowest BCUT2D eigenvalue weighted by atomic mass is 9.80. The molecule has 2 heteroatoms. The summed E-state index contributed by atoms with van der Waals surface area (Å²) in [6, 6.07) is 85.6. The van der Waals surface area contributed by atoms with E-state index in [2.05, 4.69) is 268 Å². The Balaban J connectivity index is 0.890. The van der Waals surface area contributed by atoms with Gasteiger partial charge in [-0.3, -0.25) is 0 Å². The van der Waals surface area contributed by atoms with Gasteiger partial charge in [-0.1, -0.05) is 185 Å². The minimum atomic E-state index is -0.234. The first-order valence-corrected chi connectivity index (χ1v) is 24.4. The van der Waals surface area contributed by atoms with Crippen LogP contribution in [0.15, 0.2) is 231 Å². The summed E-state index contributed by atoms with van der Waals surface area (Å²) in [5.74, 6) is 0. The molecule has 0 amide bonds. The van der Waals surface area contributed by atoms with Gasteiger partial charge in [0.2, 0.25) is 0 Å². The van der Waals surface area contributed by atoms with Crippen LogP contribution in [0.1, 0.15) is 55.5 Å². The third kappa shape index (κ3) is 6.61. The van der Waals surface area contributed by atoms with Crippen molar-refractivity contribution in [1.29, 1.82) is 0 Å². The normalized spacial score (nSPS) is 14.2. The van der Waals surface area contributed by atoms with Crippen LogP contribution in [0.2, 0.25) is 0 Å². The maximum atomic E-state index is 2.51. The molecule has 0 saturated carbocycles. The van der Waals surface area contributed by atoms with Crippen LogP contribution in [0.25, 0.3) is 66.8 Å². The summed E-state index contributed by atoms with van der Waals surface area (Å²) in [4.78, 5) is 4.91. The monoisotopic (exact) mass is 884 g/mol. The zero-order valence-corrected chi connectivity index (χ0v) is 39.5. The molecule has 0 unspecified atom stereocenters. The number of anilines is 5. The van der Waals surface area contributed by atoms with Crippen molar-refractivity contribution in [2.45, 2.75) is 45.1 Å². The van der Waals surface area contributed by atoms with Crippen molar-refractivity contribution in [2.75, 3.05) is 9.80 Å². The van der Waals surface area contributed by atoms with Crippen molar-refractivity contribution in [3.8, 4) is 66.8 Å². The highest BCUT2D eigenvalue weighted by Gasteiger charge is 2.39. The van der Waals surface area contributed by atoms with Gasteiger partial charge in [-0.25, -0.2) is 0 Å². The van der Waals surface area contributed by atoms with Crippen molar-refractivity contribution in [1.82, 2.24) is 0 Å². The molecule has 2 nitrogen and oxygen atoms in total. The van der Waals surface area contributed by atoms with Crippen LogP contribution in [0.3, 0.4) is 0 Å². The molecule has 0 fully saturated rings. The van der Waals surface area contributed by atoms with E-state index in [1.807, 2.05) is 0 Å². The van der Waals surface area contributed by atoms with Crippen LogP contribution >= 0.6 is 0 Å². The highest BCUT2D eigenvalue weighted by molar-refractivity contribution is 5.95. The summed E-state index contributed by atoms with van der Waals surface area (Å²) in [5, 5.41) is 0. The lowest BCUT2D eigenvalue weighted by Gasteiger charge is -2.34.